The minimum atomic E-state index is -4.59. The second-order valence-corrected chi connectivity index (χ2v) is 11.3. The number of halogens is 3. The Morgan fingerprint density at radius 3 is 2.28 bits per heavy atom. The van der Waals surface area contributed by atoms with Crippen molar-refractivity contribution in [3.8, 4) is 0 Å². The lowest BCUT2D eigenvalue weighted by Crippen LogP contribution is -2.37. The number of ketones is 1. The van der Waals surface area contributed by atoms with Crippen molar-refractivity contribution in [2.24, 2.45) is 4.99 Å². The van der Waals surface area contributed by atoms with Gasteiger partial charge in [-0.3, -0.25) is 14.6 Å². The van der Waals surface area contributed by atoms with E-state index in [0.29, 0.717) is 12.0 Å². The van der Waals surface area contributed by atoms with E-state index in [1.165, 1.54) is 31.2 Å². The topological polar surface area (TPSA) is 92.7 Å². The van der Waals surface area contributed by atoms with Crippen molar-refractivity contribution >= 4 is 27.2 Å². The minimum Gasteiger partial charge on any atom is -0.345 e. The predicted octanol–water partition coefficient (Wildman–Crippen LogP) is 5.22. The van der Waals surface area contributed by atoms with Crippen LogP contribution in [-0.4, -0.2) is 32.1 Å². The molecule has 39 heavy (non-hydrogen) atoms. The van der Waals surface area contributed by atoms with Crippen LogP contribution >= 0.6 is 0 Å². The normalized spacial score (nSPS) is 16.7. The second kappa shape index (κ2) is 11.0. The van der Waals surface area contributed by atoms with E-state index in [1.807, 2.05) is 30.3 Å². The Morgan fingerprint density at radius 1 is 1.00 bits per heavy atom. The van der Waals surface area contributed by atoms with Gasteiger partial charge in [0, 0.05) is 18.2 Å². The third-order valence-corrected chi connectivity index (χ3v) is 7.56. The maximum Gasteiger partial charge on any atom is 0.416 e. The number of aliphatic imine (C=N–C) groups is 1. The average Bonchev–Trinajstić information content (AvgIpc) is 2.88. The van der Waals surface area contributed by atoms with E-state index in [0.717, 1.165) is 30.2 Å². The summed E-state index contributed by atoms with van der Waals surface area (Å²) in [6.45, 7) is 1.52. The van der Waals surface area contributed by atoms with Crippen LogP contribution in [-0.2, 0) is 32.0 Å². The van der Waals surface area contributed by atoms with Crippen molar-refractivity contribution in [1.29, 1.82) is 0 Å². The highest BCUT2D eigenvalue weighted by Crippen LogP contribution is 2.33. The molecule has 0 fully saturated rings. The van der Waals surface area contributed by atoms with Crippen LogP contribution in [0.3, 0.4) is 0 Å². The molecular formula is C29H25F3N2O4S. The fourth-order valence-electron chi connectivity index (χ4n) is 4.39. The number of amides is 1. The molecule has 0 aromatic heterocycles. The molecule has 1 heterocycles. The molecule has 0 aliphatic carbocycles. The summed E-state index contributed by atoms with van der Waals surface area (Å²) in [5.74, 6) is -2.54. The third-order valence-electron chi connectivity index (χ3n) is 6.43. The summed E-state index contributed by atoms with van der Waals surface area (Å²) in [5.41, 5.74) is 0.669. The van der Waals surface area contributed by atoms with Gasteiger partial charge in [0.25, 0.3) is 5.91 Å². The van der Waals surface area contributed by atoms with Crippen molar-refractivity contribution in [2.45, 2.75) is 36.4 Å². The molecule has 6 nitrogen and oxygen atoms in total. The van der Waals surface area contributed by atoms with E-state index in [2.05, 4.69) is 10.3 Å². The minimum absolute atomic E-state index is 0.0895. The molecule has 3 aromatic rings. The van der Waals surface area contributed by atoms with Crippen molar-refractivity contribution < 1.29 is 31.2 Å². The highest BCUT2D eigenvalue weighted by atomic mass is 32.2. The molecule has 3 aromatic carbocycles. The van der Waals surface area contributed by atoms with Crippen LogP contribution in [0.4, 0.5) is 13.2 Å². The first-order valence-electron chi connectivity index (χ1n) is 11.9. The number of nitrogens with one attached hydrogen (secondary N) is 1. The molecule has 1 amide bonds. The summed E-state index contributed by atoms with van der Waals surface area (Å²) in [4.78, 5) is 31.1. The van der Waals surface area contributed by atoms with Crippen LogP contribution < -0.4 is 5.32 Å². The van der Waals surface area contributed by atoms with Gasteiger partial charge in [0.15, 0.2) is 15.6 Å². The lowest BCUT2D eigenvalue weighted by Gasteiger charge is -2.24. The number of nitrogens with zero attached hydrogens (tertiary/aromatic N) is 1. The molecule has 0 spiro atoms. The van der Waals surface area contributed by atoms with Crippen molar-refractivity contribution in [3.05, 3.63) is 113 Å². The van der Waals surface area contributed by atoms with Crippen LogP contribution in [0, 0.1) is 0 Å². The molecule has 202 valence electrons. The van der Waals surface area contributed by atoms with Crippen LogP contribution in [0.5, 0.6) is 0 Å². The number of hydrogen-bond acceptors (Lipinski definition) is 5. The third kappa shape index (κ3) is 6.51. The Labute approximate surface area is 224 Å². The Kier molecular flexibility index (Phi) is 7.87. The lowest BCUT2D eigenvalue weighted by atomic mass is 9.84. The first kappa shape index (κ1) is 28.0. The Balaban J connectivity index is 1.63. The summed E-state index contributed by atoms with van der Waals surface area (Å²) in [6, 6.07) is 19.1. The number of benzene rings is 3. The zero-order chi connectivity index (χ0) is 28.4. The molecule has 0 saturated carbocycles. The van der Waals surface area contributed by atoms with Crippen LogP contribution in [0.25, 0.3) is 0 Å². The molecule has 2 unspecified atom stereocenters. The maximum atomic E-state index is 13.4. The van der Waals surface area contributed by atoms with Gasteiger partial charge in [-0.2, -0.15) is 13.2 Å². The van der Waals surface area contributed by atoms with Crippen molar-refractivity contribution in [1.82, 2.24) is 5.32 Å². The summed E-state index contributed by atoms with van der Waals surface area (Å²) < 4.78 is 63.6. The molecule has 0 radical (unpaired) electrons. The quantitative estimate of drug-likeness (QED) is 0.406. The first-order valence-corrected chi connectivity index (χ1v) is 13.8. The van der Waals surface area contributed by atoms with Gasteiger partial charge in [-0.15, -0.1) is 0 Å². The second-order valence-electron chi connectivity index (χ2n) is 9.29. The monoisotopic (exact) mass is 554 g/mol. The maximum absolute atomic E-state index is 13.4. The number of alkyl halides is 3. The summed E-state index contributed by atoms with van der Waals surface area (Å²) in [7, 11) is -3.43. The highest BCUT2D eigenvalue weighted by Gasteiger charge is 2.36. The average molecular weight is 555 g/mol. The fourth-order valence-corrected chi connectivity index (χ4v) is 5.02. The molecule has 1 N–H and O–H groups in total. The Hall–Kier alpha value is -4.05. The largest absolute Gasteiger partial charge is 0.416 e. The van der Waals surface area contributed by atoms with Gasteiger partial charge in [0.1, 0.15) is 5.57 Å². The van der Waals surface area contributed by atoms with E-state index in [9.17, 15) is 31.2 Å². The summed E-state index contributed by atoms with van der Waals surface area (Å²) in [5, 5.41) is 2.84. The van der Waals surface area contributed by atoms with Gasteiger partial charge < -0.3 is 5.32 Å². The smallest absolute Gasteiger partial charge is 0.345 e. The number of Topliss-reactive ketones (excluding diaryl/α,β-unsaturated/α-hetero) is 1. The van der Waals surface area contributed by atoms with Gasteiger partial charge in [-0.1, -0.05) is 60.7 Å². The molecular weight excluding hydrogens is 529 g/mol. The van der Waals surface area contributed by atoms with E-state index >= 15 is 0 Å². The Bertz CT molecular complexity index is 1560. The van der Waals surface area contributed by atoms with Crippen molar-refractivity contribution in [2.75, 3.05) is 6.26 Å². The van der Waals surface area contributed by atoms with Crippen molar-refractivity contribution in [3.63, 3.8) is 0 Å². The predicted molar refractivity (Wildman–Crippen MR) is 141 cm³/mol. The molecule has 2 atom stereocenters. The van der Waals surface area contributed by atoms with Gasteiger partial charge in [0.2, 0.25) is 0 Å². The molecule has 10 heteroatoms. The van der Waals surface area contributed by atoms with Gasteiger partial charge in [-0.05, 0) is 48.2 Å². The lowest BCUT2D eigenvalue weighted by molar-refractivity contribution is -0.137. The molecule has 4 rings (SSSR count). The van der Waals surface area contributed by atoms with E-state index in [4.69, 9.17) is 0 Å². The standard InChI is InChI=1S/C29H25F3N2O4S/c1-18-26(21-9-6-10-22(16-21)29(30,31)32)27(35)24(17-33-18)28(36)34-25(15-19-7-4-3-5-8-19)20-11-13-23(14-12-20)39(2,37)38/h3-14,16-17,25-26H,15H2,1-2H3,(H,34,36). The van der Waals surface area contributed by atoms with E-state index < -0.39 is 45.2 Å². The van der Waals surface area contributed by atoms with Crippen LogP contribution in [0.1, 0.15) is 41.1 Å². The molecule has 1 aliphatic rings. The van der Waals surface area contributed by atoms with Gasteiger partial charge >= 0.3 is 6.18 Å². The first-order chi connectivity index (χ1) is 18.3. The van der Waals surface area contributed by atoms with E-state index in [1.54, 1.807) is 12.1 Å². The number of hydrogen-bond donors (Lipinski definition) is 1. The number of carbonyl (C=O) groups excluding carboxylic acids is 2. The number of sulfone groups is 1. The number of carbonyl (C=O) groups is 2. The number of rotatable bonds is 7. The van der Waals surface area contributed by atoms with Crippen LogP contribution in [0.15, 0.2) is 101 Å². The fraction of sp³-hybridized carbons (Fsp3) is 0.207. The van der Waals surface area contributed by atoms with E-state index in [-0.39, 0.29) is 21.7 Å². The zero-order valence-corrected chi connectivity index (χ0v) is 21.9. The SMILES string of the molecule is CC1=NC=C(C(=O)NC(Cc2ccccc2)c2ccc(S(C)(=O)=O)cc2)C(=O)C1c1cccc(C(F)(F)F)c1. The van der Waals surface area contributed by atoms with Gasteiger partial charge in [0.05, 0.1) is 22.4 Å². The highest BCUT2D eigenvalue weighted by molar-refractivity contribution is 7.90. The summed E-state index contributed by atoms with van der Waals surface area (Å²) in [6.07, 6.45) is -2.03. The molecule has 0 saturated heterocycles. The van der Waals surface area contributed by atoms with Gasteiger partial charge in [-0.25, -0.2) is 8.42 Å². The summed E-state index contributed by atoms with van der Waals surface area (Å²) >= 11 is 0. The zero-order valence-electron chi connectivity index (χ0n) is 21.1. The molecule has 1 aliphatic heterocycles. The van der Waals surface area contributed by atoms with Crippen LogP contribution in [0.2, 0.25) is 0 Å². The Morgan fingerprint density at radius 2 is 1.67 bits per heavy atom. The molecule has 0 bridgehead atoms.